The van der Waals surface area contributed by atoms with Crippen molar-refractivity contribution in [2.45, 2.75) is 71.8 Å². The lowest BCUT2D eigenvalue weighted by Crippen LogP contribution is -2.41. The Morgan fingerprint density at radius 3 is 2.07 bits per heavy atom. The van der Waals surface area contributed by atoms with E-state index in [1.165, 1.54) is 37.2 Å². The Labute approximate surface area is 89.3 Å². The topological polar surface area (TPSA) is 23.5 Å². The molecule has 0 aromatic rings. The van der Waals surface area contributed by atoms with Crippen LogP contribution in [-0.4, -0.2) is 22.4 Å². The van der Waals surface area contributed by atoms with Gasteiger partial charge in [0.25, 0.3) is 0 Å². The predicted molar refractivity (Wildman–Crippen MR) is 61.6 cm³/mol. The van der Waals surface area contributed by atoms with E-state index in [0.717, 1.165) is 6.42 Å². The maximum absolute atomic E-state index is 9.62. The number of hydrogen-bond donors (Lipinski definition) is 1. The molecule has 2 heteroatoms. The fraction of sp³-hybridized carbons (Fsp3) is 1.00. The molecular formula is C12H27NO. The van der Waals surface area contributed by atoms with Gasteiger partial charge in [-0.1, -0.05) is 46.0 Å². The highest BCUT2D eigenvalue weighted by atomic mass is 16.5. The molecule has 0 aromatic heterocycles. The van der Waals surface area contributed by atoms with E-state index in [1.807, 2.05) is 6.92 Å². The zero-order valence-corrected chi connectivity index (χ0v) is 10.3. The Balaban J connectivity index is 3.55. The predicted octanol–water partition coefficient (Wildman–Crippen LogP) is 3.84. The smallest absolute Gasteiger partial charge is 0.0404 e. The van der Waals surface area contributed by atoms with E-state index in [0.29, 0.717) is 6.54 Å². The molecule has 0 spiro atoms. The van der Waals surface area contributed by atoms with E-state index in [9.17, 15) is 5.21 Å². The van der Waals surface area contributed by atoms with Crippen molar-refractivity contribution in [2.75, 3.05) is 6.54 Å². The highest BCUT2D eigenvalue weighted by Gasteiger charge is 2.23. The Hall–Kier alpha value is -0.0800. The molecule has 0 rings (SSSR count). The molecular weight excluding hydrogens is 174 g/mol. The second-order valence-electron chi connectivity index (χ2n) is 4.69. The monoisotopic (exact) mass is 201 g/mol. The van der Waals surface area contributed by atoms with Gasteiger partial charge in [0, 0.05) is 12.1 Å². The molecule has 0 amide bonds. The number of hydrogen-bond acceptors (Lipinski definition) is 2. The van der Waals surface area contributed by atoms with Gasteiger partial charge in [-0.25, -0.2) is 0 Å². The van der Waals surface area contributed by atoms with Crippen LogP contribution < -0.4 is 0 Å². The normalized spacial score (nSPS) is 12.4. The van der Waals surface area contributed by atoms with Gasteiger partial charge in [0.2, 0.25) is 0 Å². The van der Waals surface area contributed by atoms with Crippen LogP contribution in [0.3, 0.4) is 0 Å². The van der Waals surface area contributed by atoms with Gasteiger partial charge in [-0.2, -0.15) is 5.06 Å². The first-order valence-electron chi connectivity index (χ1n) is 6.01. The quantitative estimate of drug-likeness (QED) is 0.476. The third-order valence-electron chi connectivity index (χ3n) is 2.89. The van der Waals surface area contributed by atoms with E-state index >= 15 is 0 Å². The summed E-state index contributed by atoms with van der Waals surface area (Å²) in [6, 6.07) is 0. The first-order valence-corrected chi connectivity index (χ1v) is 6.01. The number of nitrogens with zero attached hydrogens (tertiary/aromatic N) is 1. The molecule has 0 heterocycles. The van der Waals surface area contributed by atoms with Crippen molar-refractivity contribution < 1.29 is 5.21 Å². The second kappa shape index (κ2) is 7.24. The van der Waals surface area contributed by atoms with Crippen molar-refractivity contribution in [1.82, 2.24) is 5.06 Å². The molecule has 2 nitrogen and oxygen atoms in total. The maximum Gasteiger partial charge on any atom is 0.0404 e. The molecule has 14 heavy (non-hydrogen) atoms. The van der Waals surface area contributed by atoms with Crippen LogP contribution in [0.15, 0.2) is 0 Å². The van der Waals surface area contributed by atoms with Crippen LogP contribution in [0.25, 0.3) is 0 Å². The molecule has 0 atom stereocenters. The van der Waals surface area contributed by atoms with Gasteiger partial charge in [-0.3, -0.25) is 0 Å². The van der Waals surface area contributed by atoms with Gasteiger partial charge in [0.1, 0.15) is 0 Å². The fourth-order valence-electron chi connectivity index (χ4n) is 1.72. The Bertz CT molecular complexity index is 134. The fourth-order valence-corrected chi connectivity index (χ4v) is 1.72. The van der Waals surface area contributed by atoms with Gasteiger partial charge in [0.05, 0.1) is 0 Å². The van der Waals surface area contributed by atoms with Crippen LogP contribution in [0, 0.1) is 0 Å². The van der Waals surface area contributed by atoms with Crippen molar-refractivity contribution in [3.8, 4) is 0 Å². The summed E-state index contributed by atoms with van der Waals surface area (Å²) in [5.41, 5.74) is -0.0546. The molecule has 1 N–H and O–H groups in total. The summed E-state index contributed by atoms with van der Waals surface area (Å²) in [6.07, 6.45) is 7.59. The molecule has 0 aliphatic carbocycles. The van der Waals surface area contributed by atoms with Gasteiger partial charge in [-0.05, 0) is 20.3 Å². The SMILES string of the molecule is CCCCCCCC(C)(C)N(O)CC. The molecule has 0 radical (unpaired) electrons. The second-order valence-corrected chi connectivity index (χ2v) is 4.69. The summed E-state index contributed by atoms with van der Waals surface area (Å²) < 4.78 is 0. The summed E-state index contributed by atoms with van der Waals surface area (Å²) in [6.45, 7) is 9.14. The molecule has 0 aromatic carbocycles. The van der Waals surface area contributed by atoms with Crippen LogP contribution in [-0.2, 0) is 0 Å². The molecule has 0 saturated heterocycles. The Morgan fingerprint density at radius 2 is 1.57 bits per heavy atom. The zero-order chi connectivity index (χ0) is 11.0. The van der Waals surface area contributed by atoms with Crippen molar-refractivity contribution in [1.29, 1.82) is 0 Å². The van der Waals surface area contributed by atoms with Crippen molar-refractivity contribution in [3.63, 3.8) is 0 Å². The summed E-state index contributed by atoms with van der Waals surface area (Å²) in [5, 5.41) is 11.1. The first-order chi connectivity index (χ1) is 6.54. The van der Waals surface area contributed by atoms with E-state index in [1.54, 1.807) is 0 Å². The van der Waals surface area contributed by atoms with Crippen LogP contribution >= 0.6 is 0 Å². The number of hydroxylamine groups is 2. The highest BCUT2D eigenvalue weighted by Crippen LogP contribution is 2.20. The van der Waals surface area contributed by atoms with Crippen LogP contribution in [0.2, 0.25) is 0 Å². The van der Waals surface area contributed by atoms with Gasteiger partial charge in [-0.15, -0.1) is 0 Å². The van der Waals surface area contributed by atoms with Crippen molar-refractivity contribution in [3.05, 3.63) is 0 Å². The Morgan fingerprint density at radius 1 is 1.00 bits per heavy atom. The minimum Gasteiger partial charge on any atom is -0.313 e. The third kappa shape index (κ3) is 5.61. The van der Waals surface area contributed by atoms with Crippen LogP contribution in [0.1, 0.15) is 66.2 Å². The number of unbranched alkanes of at least 4 members (excludes halogenated alkanes) is 4. The van der Waals surface area contributed by atoms with Crippen molar-refractivity contribution >= 4 is 0 Å². The van der Waals surface area contributed by atoms with E-state index < -0.39 is 0 Å². The van der Waals surface area contributed by atoms with Gasteiger partial charge < -0.3 is 5.21 Å². The maximum atomic E-state index is 9.62. The highest BCUT2D eigenvalue weighted by molar-refractivity contribution is 4.75. The minimum absolute atomic E-state index is 0.0546. The molecule has 0 aliphatic heterocycles. The van der Waals surface area contributed by atoms with Crippen LogP contribution in [0.4, 0.5) is 0 Å². The minimum atomic E-state index is -0.0546. The molecule has 0 saturated carbocycles. The number of rotatable bonds is 8. The summed E-state index contributed by atoms with van der Waals surface area (Å²) in [4.78, 5) is 0. The van der Waals surface area contributed by atoms with Crippen molar-refractivity contribution in [2.24, 2.45) is 0 Å². The lowest BCUT2D eigenvalue weighted by molar-refractivity contribution is -0.161. The zero-order valence-electron chi connectivity index (χ0n) is 10.3. The van der Waals surface area contributed by atoms with E-state index in [4.69, 9.17) is 0 Å². The Kier molecular flexibility index (Phi) is 7.20. The molecule has 86 valence electrons. The molecule has 0 fully saturated rings. The molecule has 0 unspecified atom stereocenters. The third-order valence-corrected chi connectivity index (χ3v) is 2.89. The lowest BCUT2D eigenvalue weighted by Gasteiger charge is -2.32. The largest absolute Gasteiger partial charge is 0.313 e. The van der Waals surface area contributed by atoms with Gasteiger partial charge in [0.15, 0.2) is 0 Å². The molecule has 0 bridgehead atoms. The van der Waals surface area contributed by atoms with Crippen LogP contribution in [0.5, 0.6) is 0 Å². The van der Waals surface area contributed by atoms with E-state index in [-0.39, 0.29) is 5.54 Å². The summed E-state index contributed by atoms with van der Waals surface area (Å²) >= 11 is 0. The average Bonchev–Trinajstić information content (AvgIpc) is 2.16. The molecule has 0 aliphatic rings. The first kappa shape index (κ1) is 13.9. The summed E-state index contributed by atoms with van der Waals surface area (Å²) in [5.74, 6) is 0. The standard InChI is InChI=1S/C12H27NO/c1-5-7-8-9-10-11-12(3,4)13(14)6-2/h14H,5-11H2,1-4H3. The average molecular weight is 201 g/mol. The van der Waals surface area contributed by atoms with Gasteiger partial charge >= 0.3 is 0 Å². The summed E-state index contributed by atoms with van der Waals surface area (Å²) in [7, 11) is 0. The lowest BCUT2D eigenvalue weighted by atomic mass is 9.96. The van der Waals surface area contributed by atoms with E-state index in [2.05, 4.69) is 20.8 Å².